The molecule has 19 heavy (non-hydrogen) atoms. The molecule has 0 unspecified atom stereocenters. The maximum absolute atomic E-state index is 12.0. The fourth-order valence-corrected chi connectivity index (χ4v) is 2.51. The first kappa shape index (κ1) is 13.2. The molecule has 2 aromatic rings. The fraction of sp³-hybridized carbons (Fsp3) is 0.154. The molecule has 0 saturated carbocycles. The van der Waals surface area contributed by atoms with E-state index in [1.165, 1.54) is 29.5 Å². The molecule has 0 bridgehead atoms. The van der Waals surface area contributed by atoms with Gasteiger partial charge in [0.1, 0.15) is 0 Å². The highest BCUT2D eigenvalue weighted by molar-refractivity contribution is 7.16. The second-order valence-electron chi connectivity index (χ2n) is 4.11. The van der Waals surface area contributed by atoms with Gasteiger partial charge in [0.15, 0.2) is 0 Å². The Balaban J connectivity index is 2.20. The molecule has 0 atom stereocenters. The highest BCUT2D eigenvalue weighted by atomic mass is 32.1. The average molecular weight is 276 g/mol. The number of thiophene rings is 1. The maximum atomic E-state index is 12.0. The zero-order chi connectivity index (χ0) is 14.0. The van der Waals surface area contributed by atoms with Gasteiger partial charge in [0.25, 0.3) is 11.6 Å². The quantitative estimate of drug-likeness (QED) is 0.688. The number of non-ortho nitro benzene ring substituents is 1. The van der Waals surface area contributed by atoms with Gasteiger partial charge in [-0.15, -0.1) is 11.3 Å². The normalized spacial score (nSPS) is 10.2. The van der Waals surface area contributed by atoms with Crippen molar-refractivity contribution in [1.29, 1.82) is 0 Å². The van der Waals surface area contributed by atoms with Gasteiger partial charge in [0.05, 0.1) is 9.92 Å². The number of benzene rings is 1. The largest absolute Gasteiger partial charge is 0.314 e. The lowest BCUT2D eigenvalue weighted by Gasteiger charge is -2.02. The van der Waals surface area contributed by atoms with E-state index < -0.39 is 4.92 Å². The molecule has 0 aliphatic heterocycles. The minimum Gasteiger partial charge on any atom is -0.314 e. The van der Waals surface area contributed by atoms with E-state index in [9.17, 15) is 14.9 Å². The summed E-state index contributed by atoms with van der Waals surface area (Å²) in [6.07, 6.45) is 0. The van der Waals surface area contributed by atoms with E-state index in [0.717, 1.165) is 15.4 Å². The SMILES string of the molecule is Cc1cc(NC(=O)c2cccc([N+](=O)[O-])c2)sc1C. The van der Waals surface area contributed by atoms with Crippen molar-refractivity contribution < 1.29 is 9.72 Å². The number of nitro benzene ring substituents is 1. The number of hydrogen-bond acceptors (Lipinski definition) is 4. The number of rotatable bonds is 3. The van der Waals surface area contributed by atoms with Crippen LogP contribution in [0, 0.1) is 24.0 Å². The molecular formula is C13H12N2O3S. The summed E-state index contributed by atoms with van der Waals surface area (Å²) in [5, 5.41) is 14.1. The highest BCUT2D eigenvalue weighted by Crippen LogP contribution is 2.26. The number of carbonyl (C=O) groups excluding carboxylic acids is 1. The zero-order valence-corrected chi connectivity index (χ0v) is 11.3. The van der Waals surface area contributed by atoms with E-state index in [-0.39, 0.29) is 17.2 Å². The number of amides is 1. The maximum Gasteiger partial charge on any atom is 0.270 e. The molecule has 0 spiro atoms. The minimum atomic E-state index is -0.518. The van der Waals surface area contributed by atoms with E-state index in [1.54, 1.807) is 6.07 Å². The predicted molar refractivity (Wildman–Crippen MR) is 74.8 cm³/mol. The van der Waals surface area contributed by atoms with E-state index in [0.29, 0.717) is 0 Å². The van der Waals surface area contributed by atoms with Crippen molar-refractivity contribution in [2.24, 2.45) is 0 Å². The van der Waals surface area contributed by atoms with Gasteiger partial charge in [0, 0.05) is 22.6 Å². The van der Waals surface area contributed by atoms with Gasteiger partial charge in [-0.25, -0.2) is 0 Å². The zero-order valence-electron chi connectivity index (χ0n) is 10.5. The Morgan fingerprint density at radius 3 is 2.63 bits per heavy atom. The van der Waals surface area contributed by atoms with Gasteiger partial charge in [0.2, 0.25) is 0 Å². The standard InChI is InChI=1S/C13H12N2O3S/c1-8-6-12(19-9(8)2)14-13(16)10-4-3-5-11(7-10)15(17)18/h3-7H,1-2H3,(H,14,16). The second-order valence-corrected chi connectivity index (χ2v) is 5.37. The first-order chi connectivity index (χ1) is 8.97. The Hall–Kier alpha value is -2.21. The predicted octanol–water partition coefficient (Wildman–Crippen LogP) is 3.53. The third kappa shape index (κ3) is 2.97. The van der Waals surface area contributed by atoms with Gasteiger partial charge >= 0.3 is 0 Å². The molecule has 2 rings (SSSR count). The van der Waals surface area contributed by atoms with Crippen molar-refractivity contribution in [3.05, 3.63) is 56.5 Å². The Bertz CT molecular complexity index is 630. The number of nitrogens with zero attached hydrogens (tertiary/aromatic N) is 1. The summed E-state index contributed by atoms with van der Waals surface area (Å²) in [4.78, 5) is 23.3. The highest BCUT2D eigenvalue weighted by Gasteiger charge is 2.12. The molecule has 98 valence electrons. The molecule has 0 saturated heterocycles. The van der Waals surface area contributed by atoms with Crippen molar-refractivity contribution in [2.75, 3.05) is 5.32 Å². The van der Waals surface area contributed by atoms with E-state index in [1.807, 2.05) is 19.9 Å². The number of aryl methyl sites for hydroxylation is 2. The van der Waals surface area contributed by atoms with Crippen molar-refractivity contribution >= 4 is 27.9 Å². The molecule has 0 radical (unpaired) electrons. The molecule has 1 amide bonds. The Kier molecular flexibility index (Phi) is 3.62. The van der Waals surface area contributed by atoms with Crippen LogP contribution in [0.4, 0.5) is 10.7 Å². The lowest BCUT2D eigenvalue weighted by molar-refractivity contribution is -0.384. The van der Waals surface area contributed by atoms with Crippen molar-refractivity contribution in [1.82, 2.24) is 0 Å². The molecule has 1 N–H and O–H groups in total. The number of nitro groups is 1. The summed E-state index contributed by atoms with van der Waals surface area (Å²) >= 11 is 1.48. The number of hydrogen-bond donors (Lipinski definition) is 1. The van der Waals surface area contributed by atoms with Crippen LogP contribution in [0.15, 0.2) is 30.3 Å². The third-order valence-corrected chi connectivity index (χ3v) is 3.79. The van der Waals surface area contributed by atoms with E-state index in [4.69, 9.17) is 0 Å². The average Bonchev–Trinajstić information content (AvgIpc) is 2.68. The van der Waals surface area contributed by atoms with Crippen LogP contribution in [0.25, 0.3) is 0 Å². The minimum absolute atomic E-state index is 0.0915. The van der Waals surface area contributed by atoms with Crippen LogP contribution in [0.5, 0.6) is 0 Å². The Morgan fingerprint density at radius 2 is 2.05 bits per heavy atom. The van der Waals surface area contributed by atoms with Crippen LogP contribution in [0.2, 0.25) is 0 Å². The van der Waals surface area contributed by atoms with Crippen LogP contribution in [0.3, 0.4) is 0 Å². The van der Waals surface area contributed by atoms with E-state index >= 15 is 0 Å². The van der Waals surface area contributed by atoms with Gasteiger partial charge in [-0.3, -0.25) is 14.9 Å². The van der Waals surface area contributed by atoms with Crippen LogP contribution in [0.1, 0.15) is 20.8 Å². The first-order valence-corrected chi connectivity index (χ1v) is 6.42. The van der Waals surface area contributed by atoms with Gasteiger partial charge in [-0.1, -0.05) is 6.07 Å². The third-order valence-electron chi connectivity index (χ3n) is 2.72. The van der Waals surface area contributed by atoms with Gasteiger partial charge in [-0.2, -0.15) is 0 Å². The molecule has 1 aromatic carbocycles. The molecule has 6 heteroatoms. The summed E-state index contributed by atoms with van der Waals surface area (Å²) in [5.41, 5.74) is 1.29. The summed E-state index contributed by atoms with van der Waals surface area (Å²) in [5.74, 6) is -0.343. The van der Waals surface area contributed by atoms with Crippen LogP contribution < -0.4 is 5.32 Å². The molecule has 0 fully saturated rings. The van der Waals surface area contributed by atoms with Crippen molar-refractivity contribution in [2.45, 2.75) is 13.8 Å². The molecule has 5 nitrogen and oxygen atoms in total. The lowest BCUT2D eigenvalue weighted by Crippen LogP contribution is -2.11. The molecule has 0 aliphatic rings. The lowest BCUT2D eigenvalue weighted by atomic mass is 10.2. The number of anilines is 1. The number of carbonyl (C=O) groups is 1. The van der Waals surface area contributed by atoms with Gasteiger partial charge < -0.3 is 5.32 Å². The first-order valence-electron chi connectivity index (χ1n) is 5.60. The van der Waals surface area contributed by atoms with Crippen molar-refractivity contribution in [3.63, 3.8) is 0 Å². The van der Waals surface area contributed by atoms with Crippen LogP contribution in [-0.4, -0.2) is 10.8 Å². The smallest absolute Gasteiger partial charge is 0.270 e. The van der Waals surface area contributed by atoms with Crippen LogP contribution in [-0.2, 0) is 0 Å². The monoisotopic (exact) mass is 276 g/mol. The summed E-state index contributed by atoms with van der Waals surface area (Å²) in [6.45, 7) is 3.94. The Labute approximate surface area is 114 Å². The van der Waals surface area contributed by atoms with E-state index in [2.05, 4.69) is 5.32 Å². The number of nitrogens with one attached hydrogen (secondary N) is 1. The van der Waals surface area contributed by atoms with Crippen LogP contribution >= 0.6 is 11.3 Å². The van der Waals surface area contributed by atoms with Gasteiger partial charge in [-0.05, 0) is 31.5 Å². The summed E-state index contributed by atoms with van der Waals surface area (Å²) in [6, 6.07) is 7.56. The topological polar surface area (TPSA) is 72.2 Å². The fourth-order valence-electron chi connectivity index (χ4n) is 1.58. The van der Waals surface area contributed by atoms with Crippen molar-refractivity contribution in [3.8, 4) is 0 Å². The summed E-state index contributed by atoms with van der Waals surface area (Å²) < 4.78 is 0. The second kappa shape index (κ2) is 5.19. The molecule has 0 aliphatic carbocycles. The molecular weight excluding hydrogens is 264 g/mol. The Morgan fingerprint density at radius 1 is 1.32 bits per heavy atom. The molecule has 1 aromatic heterocycles. The molecule has 1 heterocycles. The summed E-state index contributed by atoms with van der Waals surface area (Å²) in [7, 11) is 0.